The zero-order valence-electron chi connectivity index (χ0n) is 18.2. The van der Waals surface area contributed by atoms with E-state index in [1.807, 2.05) is 4.90 Å². The number of piperidine rings is 1. The largest absolute Gasteiger partial charge is 0.492 e. The first-order valence-corrected chi connectivity index (χ1v) is 11.3. The van der Waals surface area contributed by atoms with Crippen LogP contribution in [0.4, 0.5) is 17.6 Å². The highest BCUT2D eigenvalue weighted by Crippen LogP contribution is 2.53. The van der Waals surface area contributed by atoms with E-state index in [1.54, 1.807) is 24.3 Å². The van der Waals surface area contributed by atoms with Gasteiger partial charge in [-0.2, -0.15) is 13.2 Å². The summed E-state index contributed by atoms with van der Waals surface area (Å²) in [7, 11) is 0. The lowest BCUT2D eigenvalue weighted by Gasteiger charge is -2.48. The maximum atomic E-state index is 14.3. The van der Waals surface area contributed by atoms with Crippen LogP contribution in [0.1, 0.15) is 48.9 Å². The van der Waals surface area contributed by atoms with E-state index >= 15 is 0 Å². The van der Waals surface area contributed by atoms with Gasteiger partial charge in [0.1, 0.15) is 18.2 Å². The number of nitrogens with zero attached hydrogens (tertiary/aromatic N) is 1. The van der Waals surface area contributed by atoms with Crippen molar-refractivity contribution in [1.29, 1.82) is 0 Å². The number of halogens is 4. The van der Waals surface area contributed by atoms with E-state index < -0.39 is 23.4 Å². The first-order valence-electron chi connectivity index (χ1n) is 11.3. The van der Waals surface area contributed by atoms with E-state index in [9.17, 15) is 22.4 Å². The van der Waals surface area contributed by atoms with Crippen molar-refractivity contribution in [3.63, 3.8) is 0 Å². The number of likely N-dealkylation sites (tertiary alicyclic amines) is 1. The van der Waals surface area contributed by atoms with E-state index in [4.69, 9.17) is 9.84 Å². The molecule has 0 radical (unpaired) electrons. The van der Waals surface area contributed by atoms with Crippen LogP contribution in [0.3, 0.4) is 0 Å². The van der Waals surface area contributed by atoms with Crippen LogP contribution in [-0.4, -0.2) is 47.9 Å². The second-order valence-corrected chi connectivity index (χ2v) is 9.09. The summed E-state index contributed by atoms with van der Waals surface area (Å²) < 4.78 is 61.1. The molecule has 1 heterocycles. The minimum absolute atomic E-state index is 0.0368. The number of ether oxygens (including phenoxy) is 1. The van der Waals surface area contributed by atoms with Gasteiger partial charge in [-0.25, -0.2) is 9.18 Å². The smallest absolute Gasteiger partial charge is 0.395 e. The molecule has 8 heteroatoms. The van der Waals surface area contributed by atoms with Crippen molar-refractivity contribution in [1.82, 2.24) is 4.90 Å². The molecule has 1 unspecified atom stereocenters. The number of alkyl halides is 3. The fourth-order valence-electron chi connectivity index (χ4n) is 4.79. The predicted octanol–water partition coefficient (Wildman–Crippen LogP) is 6.16. The summed E-state index contributed by atoms with van der Waals surface area (Å²) in [5, 5.41) is 8.97. The molecule has 1 aliphatic carbocycles. The second-order valence-electron chi connectivity index (χ2n) is 9.09. The highest BCUT2D eigenvalue weighted by atomic mass is 19.4. The van der Waals surface area contributed by atoms with Gasteiger partial charge >= 0.3 is 12.1 Å². The van der Waals surface area contributed by atoms with Gasteiger partial charge in [0.2, 0.25) is 0 Å². The van der Waals surface area contributed by atoms with Gasteiger partial charge in [0.05, 0.1) is 11.0 Å². The van der Waals surface area contributed by atoms with E-state index in [0.29, 0.717) is 30.9 Å². The summed E-state index contributed by atoms with van der Waals surface area (Å²) in [6.45, 7) is 0.987. The molecule has 2 aliphatic rings. The summed E-state index contributed by atoms with van der Waals surface area (Å²) >= 11 is 0. The van der Waals surface area contributed by atoms with Crippen LogP contribution in [0, 0.1) is 11.2 Å². The number of carboxylic acids is 1. The Bertz CT molecular complexity index is 986. The van der Waals surface area contributed by atoms with Gasteiger partial charge in [-0.15, -0.1) is 0 Å². The highest BCUT2D eigenvalue weighted by Gasteiger charge is 2.59. The van der Waals surface area contributed by atoms with Crippen molar-refractivity contribution in [3.05, 3.63) is 53.8 Å². The average Bonchev–Trinajstić information content (AvgIpc) is 2.75. The lowest BCUT2D eigenvalue weighted by molar-refractivity contribution is -0.258. The molecule has 4 rings (SSSR count). The van der Waals surface area contributed by atoms with Crippen molar-refractivity contribution >= 4 is 5.97 Å². The molecule has 0 bridgehead atoms. The zero-order valence-corrected chi connectivity index (χ0v) is 18.2. The molecule has 1 saturated heterocycles. The molecule has 2 aromatic rings. The molecule has 1 saturated carbocycles. The summed E-state index contributed by atoms with van der Waals surface area (Å²) in [5.41, 5.74) is -0.844. The molecular formula is C25H27F4NO3. The maximum absolute atomic E-state index is 14.3. The summed E-state index contributed by atoms with van der Waals surface area (Å²) in [6.07, 6.45) is -0.493. The van der Waals surface area contributed by atoms with Gasteiger partial charge in [0.15, 0.2) is 0 Å². The maximum Gasteiger partial charge on any atom is 0.395 e. The second kappa shape index (κ2) is 9.33. The molecular weight excluding hydrogens is 438 g/mol. The number of hydrogen-bond donors (Lipinski definition) is 1. The van der Waals surface area contributed by atoms with Crippen molar-refractivity contribution in [3.8, 4) is 16.9 Å². The van der Waals surface area contributed by atoms with Crippen molar-refractivity contribution in [2.75, 3.05) is 19.7 Å². The van der Waals surface area contributed by atoms with Gasteiger partial charge < -0.3 is 9.84 Å². The summed E-state index contributed by atoms with van der Waals surface area (Å²) in [4.78, 5) is 12.9. The number of hydrogen-bond acceptors (Lipinski definition) is 3. The normalized spacial score (nSPS) is 20.8. The van der Waals surface area contributed by atoms with Crippen LogP contribution in [0.5, 0.6) is 5.75 Å². The first-order chi connectivity index (χ1) is 15.7. The third-order valence-corrected chi connectivity index (χ3v) is 6.99. The molecule has 2 aromatic carbocycles. The number of carbonyl (C=O) groups is 1. The van der Waals surface area contributed by atoms with E-state index in [0.717, 1.165) is 25.3 Å². The van der Waals surface area contributed by atoms with E-state index in [-0.39, 0.29) is 36.6 Å². The Hall–Kier alpha value is -2.61. The van der Waals surface area contributed by atoms with E-state index in [2.05, 4.69) is 0 Å². The van der Waals surface area contributed by atoms with Gasteiger partial charge in [0, 0.05) is 18.2 Å². The van der Waals surface area contributed by atoms with Crippen molar-refractivity contribution in [2.45, 2.75) is 50.7 Å². The first kappa shape index (κ1) is 23.5. The standard InChI is InChI=1S/C25H27F4NO3/c26-22-14-18(23(31)32)7-10-21(22)17-5-8-20(9-6-17)33-15-19-4-1-2-13-30(19)16-24(11-3-12-24)25(27,28)29/h5-10,14,19H,1-4,11-13,15-16H2,(H,31,32). The molecule has 1 aliphatic heterocycles. The number of aromatic carboxylic acids is 1. The molecule has 0 aromatic heterocycles. The number of benzene rings is 2. The van der Waals surface area contributed by atoms with E-state index in [1.165, 1.54) is 12.1 Å². The lowest BCUT2D eigenvalue weighted by Crippen LogP contribution is -2.56. The molecule has 1 atom stereocenters. The lowest BCUT2D eigenvalue weighted by atomic mass is 9.67. The molecule has 178 valence electrons. The van der Waals surface area contributed by atoms with Gasteiger partial charge in [0.25, 0.3) is 0 Å². The van der Waals surface area contributed by atoms with Gasteiger partial charge in [-0.3, -0.25) is 4.90 Å². The Labute approximate surface area is 190 Å². The van der Waals surface area contributed by atoms with Crippen LogP contribution in [0.25, 0.3) is 11.1 Å². The Kier molecular flexibility index (Phi) is 6.66. The summed E-state index contributed by atoms with van der Waals surface area (Å²) in [5.74, 6) is -1.27. The minimum atomic E-state index is -4.18. The fourth-order valence-corrected chi connectivity index (χ4v) is 4.79. The van der Waals surface area contributed by atoms with Crippen LogP contribution in [0.2, 0.25) is 0 Å². The SMILES string of the molecule is O=C(O)c1ccc(-c2ccc(OCC3CCCCN3CC3(C(F)(F)F)CCC3)cc2)c(F)c1. The highest BCUT2D eigenvalue weighted by molar-refractivity contribution is 5.88. The van der Waals surface area contributed by atoms with Crippen molar-refractivity contribution in [2.24, 2.45) is 5.41 Å². The topological polar surface area (TPSA) is 49.8 Å². The van der Waals surface area contributed by atoms with Crippen LogP contribution >= 0.6 is 0 Å². The molecule has 33 heavy (non-hydrogen) atoms. The number of carboxylic acid groups (broad SMARTS) is 1. The van der Waals surface area contributed by atoms with Crippen molar-refractivity contribution < 1.29 is 32.2 Å². The third-order valence-electron chi connectivity index (χ3n) is 6.99. The molecule has 1 N–H and O–H groups in total. The predicted molar refractivity (Wildman–Crippen MR) is 116 cm³/mol. The third kappa shape index (κ3) is 5.00. The fraction of sp³-hybridized carbons (Fsp3) is 0.480. The minimum Gasteiger partial charge on any atom is -0.492 e. The van der Waals surface area contributed by atoms with Crippen LogP contribution in [-0.2, 0) is 0 Å². The molecule has 0 amide bonds. The quantitative estimate of drug-likeness (QED) is 0.498. The Morgan fingerprint density at radius 3 is 2.39 bits per heavy atom. The van der Waals surface area contributed by atoms with Gasteiger partial charge in [-0.1, -0.05) is 31.0 Å². The molecule has 0 spiro atoms. The Morgan fingerprint density at radius 2 is 1.82 bits per heavy atom. The number of rotatable bonds is 7. The van der Waals surface area contributed by atoms with Gasteiger partial charge in [-0.05, 0) is 62.1 Å². The Morgan fingerprint density at radius 1 is 1.09 bits per heavy atom. The zero-order chi connectivity index (χ0) is 23.6. The molecule has 4 nitrogen and oxygen atoms in total. The van der Waals surface area contributed by atoms with Crippen LogP contribution < -0.4 is 4.74 Å². The summed E-state index contributed by atoms with van der Waals surface area (Å²) in [6, 6.07) is 10.4. The average molecular weight is 465 g/mol. The van der Waals surface area contributed by atoms with Crippen LogP contribution in [0.15, 0.2) is 42.5 Å². The monoisotopic (exact) mass is 465 g/mol. The Balaban J connectivity index is 1.39. The molecule has 2 fully saturated rings.